The number of rotatable bonds is 6. The highest BCUT2D eigenvalue weighted by Gasteiger charge is 2.19. The Bertz CT molecular complexity index is 280. The SMILES string of the molecule is CC(NCCNC1CC1)c1ccccc1. The Morgan fingerprint density at radius 2 is 1.93 bits per heavy atom. The monoisotopic (exact) mass is 204 g/mol. The second kappa shape index (κ2) is 5.29. The van der Waals surface area contributed by atoms with Gasteiger partial charge in [-0.15, -0.1) is 0 Å². The molecule has 0 heterocycles. The minimum atomic E-state index is 0.451. The molecule has 1 fully saturated rings. The average molecular weight is 204 g/mol. The van der Waals surface area contributed by atoms with Gasteiger partial charge < -0.3 is 10.6 Å². The van der Waals surface area contributed by atoms with E-state index in [1.165, 1.54) is 18.4 Å². The lowest BCUT2D eigenvalue weighted by Gasteiger charge is -2.14. The van der Waals surface area contributed by atoms with E-state index in [0.717, 1.165) is 19.1 Å². The zero-order chi connectivity index (χ0) is 10.5. The topological polar surface area (TPSA) is 24.1 Å². The van der Waals surface area contributed by atoms with E-state index in [1.54, 1.807) is 0 Å². The summed E-state index contributed by atoms with van der Waals surface area (Å²) in [5.74, 6) is 0. The lowest BCUT2D eigenvalue weighted by atomic mass is 10.1. The summed E-state index contributed by atoms with van der Waals surface area (Å²) < 4.78 is 0. The first-order valence-electron chi connectivity index (χ1n) is 5.88. The molecule has 0 aromatic heterocycles. The van der Waals surface area contributed by atoms with Gasteiger partial charge >= 0.3 is 0 Å². The molecule has 0 amide bonds. The van der Waals surface area contributed by atoms with E-state index in [2.05, 4.69) is 47.9 Å². The minimum absolute atomic E-state index is 0.451. The quantitative estimate of drug-likeness (QED) is 0.693. The molecule has 1 saturated carbocycles. The predicted molar refractivity (Wildman–Crippen MR) is 63.9 cm³/mol. The Morgan fingerprint density at radius 3 is 2.60 bits per heavy atom. The molecule has 0 radical (unpaired) electrons. The fourth-order valence-corrected chi connectivity index (χ4v) is 1.71. The van der Waals surface area contributed by atoms with E-state index in [1.807, 2.05) is 0 Å². The van der Waals surface area contributed by atoms with Gasteiger partial charge in [0.1, 0.15) is 0 Å². The zero-order valence-electron chi connectivity index (χ0n) is 9.37. The van der Waals surface area contributed by atoms with Crippen LogP contribution in [0.5, 0.6) is 0 Å². The largest absolute Gasteiger partial charge is 0.313 e. The Hall–Kier alpha value is -0.860. The Kier molecular flexibility index (Phi) is 3.75. The molecule has 2 rings (SSSR count). The fraction of sp³-hybridized carbons (Fsp3) is 0.538. The smallest absolute Gasteiger partial charge is 0.0292 e. The zero-order valence-corrected chi connectivity index (χ0v) is 9.37. The molecule has 0 aliphatic heterocycles. The van der Waals surface area contributed by atoms with Crippen molar-refractivity contribution < 1.29 is 0 Å². The van der Waals surface area contributed by atoms with Crippen molar-refractivity contribution in [1.29, 1.82) is 0 Å². The molecule has 1 aliphatic rings. The first-order chi connectivity index (χ1) is 7.36. The van der Waals surface area contributed by atoms with E-state index in [-0.39, 0.29) is 0 Å². The van der Waals surface area contributed by atoms with E-state index in [9.17, 15) is 0 Å². The molecule has 2 heteroatoms. The maximum Gasteiger partial charge on any atom is 0.0292 e. The van der Waals surface area contributed by atoms with Crippen LogP contribution in [0.4, 0.5) is 0 Å². The molecule has 2 N–H and O–H groups in total. The molecular formula is C13H20N2. The number of hydrogen-bond donors (Lipinski definition) is 2. The van der Waals surface area contributed by atoms with Gasteiger partial charge in [0.2, 0.25) is 0 Å². The third kappa shape index (κ3) is 3.65. The summed E-state index contributed by atoms with van der Waals surface area (Å²) >= 11 is 0. The van der Waals surface area contributed by atoms with Crippen LogP contribution in [-0.2, 0) is 0 Å². The summed E-state index contributed by atoms with van der Waals surface area (Å²) in [4.78, 5) is 0. The molecule has 82 valence electrons. The maximum absolute atomic E-state index is 3.52. The van der Waals surface area contributed by atoms with Crippen molar-refractivity contribution in [1.82, 2.24) is 10.6 Å². The summed E-state index contributed by atoms with van der Waals surface area (Å²) in [6.07, 6.45) is 2.74. The molecule has 0 saturated heterocycles. The van der Waals surface area contributed by atoms with E-state index < -0.39 is 0 Å². The van der Waals surface area contributed by atoms with Crippen molar-refractivity contribution in [2.24, 2.45) is 0 Å². The summed E-state index contributed by atoms with van der Waals surface area (Å²) in [6.45, 7) is 4.35. The van der Waals surface area contributed by atoms with Gasteiger partial charge in [-0.25, -0.2) is 0 Å². The van der Waals surface area contributed by atoms with Gasteiger partial charge in [-0.2, -0.15) is 0 Å². The van der Waals surface area contributed by atoms with Crippen LogP contribution < -0.4 is 10.6 Å². The maximum atomic E-state index is 3.52. The van der Waals surface area contributed by atoms with Crippen molar-refractivity contribution >= 4 is 0 Å². The average Bonchev–Trinajstić information content (AvgIpc) is 3.09. The molecule has 1 aromatic carbocycles. The van der Waals surface area contributed by atoms with Crippen molar-refractivity contribution in [3.8, 4) is 0 Å². The fourth-order valence-electron chi connectivity index (χ4n) is 1.71. The third-order valence-corrected chi connectivity index (χ3v) is 2.89. The van der Waals surface area contributed by atoms with E-state index in [4.69, 9.17) is 0 Å². The Morgan fingerprint density at radius 1 is 1.20 bits per heavy atom. The van der Waals surface area contributed by atoms with Gasteiger partial charge in [0.05, 0.1) is 0 Å². The molecular weight excluding hydrogens is 184 g/mol. The highest BCUT2D eigenvalue weighted by molar-refractivity contribution is 5.17. The Labute approximate surface area is 92.1 Å². The van der Waals surface area contributed by atoms with Gasteiger partial charge in [0, 0.05) is 25.2 Å². The van der Waals surface area contributed by atoms with Crippen molar-refractivity contribution in [2.45, 2.75) is 31.8 Å². The molecule has 1 atom stereocenters. The predicted octanol–water partition coefficient (Wildman–Crippen LogP) is 2.09. The highest BCUT2D eigenvalue weighted by atomic mass is 15.0. The molecule has 0 bridgehead atoms. The normalized spacial score (nSPS) is 17.7. The van der Waals surface area contributed by atoms with E-state index >= 15 is 0 Å². The summed E-state index contributed by atoms with van der Waals surface area (Å²) in [7, 11) is 0. The van der Waals surface area contributed by atoms with Crippen LogP contribution in [0.15, 0.2) is 30.3 Å². The summed E-state index contributed by atoms with van der Waals surface area (Å²) in [5.41, 5.74) is 1.36. The first-order valence-corrected chi connectivity index (χ1v) is 5.88. The first kappa shape index (κ1) is 10.7. The van der Waals surface area contributed by atoms with E-state index in [0.29, 0.717) is 6.04 Å². The van der Waals surface area contributed by atoms with Gasteiger partial charge in [0.25, 0.3) is 0 Å². The molecule has 0 spiro atoms. The van der Waals surface area contributed by atoms with Crippen molar-refractivity contribution in [2.75, 3.05) is 13.1 Å². The standard InChI is InChI=1S/C13H20N2/c1-11(12-5-3-2-4-6-12)14-9-10-15-13-7-8-13/h2-6,11,13-15H,7-10H2,1H3. The van der Waals surface area contributed by atoms with Crippen LogP contribution in [0, 0.1) is 0 Å². The van der Waals surface area contributed by atoms with Crippen LogP contribution in [0.2, 0.25) is 0 Å². The van der Waals surface area contributed by atoms with Crippen molar-refractivity contribution in [3.05, 3.63) is 35.9 Å². The second-order valence-corrected chi connectivity index (χ2v) is 4.31. The van der Waals surface area contributed by atoms with Crippen LogP contribution in [0.25, 0.3) is 0 Å². The minimum Gasteiger partial charge on any atom is -0.313 e. The van der Waals surface area contributed by atoms with Crippen molar-refractivity contribution in [3.63, 3.8) is 0 Å². The third-order valence-electron chi connectivity index (χ3n) is 2.89. The number of benzene rings is 1. The van der Waals surface area contributed by atoms with Crippen LogP contribution >= 0.6 is 0 Å². The van der Waals surface area contributed by atoms with Crippen LogP contribution in [0.1, 0.15) is 31.4 Å². The van der Waals surface area contributed by atoms with Gasteiger partial charge in [-0.1, -0.05) is 30.3 Å². The van der Waals surface area contributed by atoms with Crippen LogP contribution in [-0.4, -0.2) is 19.1 Å². The summed E-state index contributed by atoms with van der Waals surface area (Å²) in [5, 5.41) is 7.02. The number of hydrogen-bond acceptors (Lipinski definition) is 2. The van der Waals surface area contributed by atoms with Gasteiger partial charge in [-0.3, -0.25) is 0 Å². The highest BCUT2D eigenvalue weighted by Crippen LogP contribution is 2.18. The lowest BCUT2D eigenvalue weighted by Crippen LogP contribution is -2.30. The van der Waals surface area contributed by atoms with Gasteiger partial charge in [-0.05, 0) is 25.3 Å². The molecule has 1 aliphatic carbocycles. The Balaban J connectivity index is 1.65. The molecule has 1 aromatic rings. The second-order valence-electron chi connectivity index (χ2n) is 4.31. The summed E-state index contributed by atoms with van der Waals surface area (Å²) in [6, 6.07) is 11.9. The van der Waals surface area contributed by atoms with Crippen LogP contribution in [0.3, 0.4) is 0 Å². The molecule has 15 heavy (non-hydrogen) atoms. The number of nitrogens with one attached hydrogen (secondary N) is 2. The lowest BCUT2D eigenvalue weighted by molar-refractivity contribution is 0.544. The van der Waals surface area contributed by atoms with Gasteiger partial charge in [0.15, 0.2) is 0 Å². The molecule has 2 nitrogen and oxygen atoms in total. The molecule has 1 unspecified atom stereocenters.